The molecule has 3 atom stereocenters. The molecular weight excluding hydrogens is 282 g/mol. The van der Waals surface area contributed by atoms with Crippen molar-refractivity contribution < 1.29 is 9.90 Å². The molecule has 1 aliphatic carbocycles. The highest BCUT2D eigenvalue weighted by Crippen LogP contribution is 2.38. The molecule has 1 aliphatic rings. The number of halogens is 1. The second-order valence-electron chi connectivity index (χ2n) is 5.22. The smallest absolute Gasteiger partial charge is 0.352 e. The third kappa shape index (κ3) is 2.57. The van der Waals surface area contributed by atoms with Crippen LogP contribution >= 0.6 is 15.9 Å². The number of carbonyl (C=O) groups is 1. The van der Waals surface area contributed by atoms with E-state index < -0.39 is 5.97 Å². The van der Waals surface area contributed by atoms with Crippen molar-refractivity contribution in [1.82, 2.24) is 4.57 Å². The molecule has 0 aromatic carbocycles. The number of carboxylic acids is 1. The lowest BCUT2D eigenvalue weighted by atomic mass is 9.79. The van der Waals surface area contributed by atoms with Gasteiger partial charge in [-0.1, -0.05) is 13.8 Å². The summed E-state index contributed by atoms with van der Waals surface area (Å²) in [4.78, 5) is 11.2. The Balaban J connectivity index is 2.30. The topological polar surface area (TPSA) is 42.2 Å². The summed E-state index contributed by atoms with van der Waals surface area (Å²) in [5.74, 6) is 0.450. The fourth-order valence-electron chi connectivity index (χ4n) is 2.95. The van der Waals surface area contributed by atoms with Gasteiger partial charge in [-0.25, -0.2) is 4.79 Å². The minimum atomic E-state index is -0.846. The predicted octanol–water partition coefficient (Wildman–Crippen LogP) is 3.95. The summed E-state index contributed by atoms with van der Waals surface area (Å²) >= 11 is 3.37. The fraction of sp³-hybridized carbons (Fsp3) is 0.615. The molecule has 3 nitrogen and oxygen atoms in total. The van der Waals surface area contributed by atoms with E-state index in [4.69, 9.17) is 0 Å². The van der Waals surface area contributed by atoms with Crippen molar-refractivity contribution in [3.63, 3.8) is 0 Å². The van der Waals surface area contributed by atoms with Crippen molar-refractivity contribution in [3.05, 3.63) is 22.4 Å². The molecule has 2 rings (SSSR count). The molecule has 1 heterocycles. The van der Waals surface area contributed by atoms with E-state index in [9.17, 15) is 9.90 Å². The van der Waals surface area contributed by atoms with E-state index in [0.717, 1.165) is 16.8 Å². The molecule has 0 spiro atoms. The quantitative estimate of drug-likeness (QED) is 0.898. The Labute approximate surface area is 110 Å². The van der Waals surface area contributed by atoms with Gasteiger partial charge in [0.2, 0.25) is 0 Å². The highest BCUT2D eigenvalue weighted by Gasteiger charge is 2.29. The number of nitrogens with zero attached hydrogens (tertiary/aromatic N) is 1. The lowest BCUT2D eigenvalue weighted by Gasteiger charge is -2.34. The molecule has 0 radical (unpaired) electrons. The van der Waals surface area contributed by atoms with Crippen LogP contribution in [0.3, 0.4) is 0 Å². The third-order valence-electron chi connectivity index (χ3n) is 3.78. The van der Waals surface area contributed by atoms with Crippen molar-refractivity contribution in [2.24, 2.45) is 11.8 Å². The molecule has 0 aliphatic heterocycles. The van der Waals surface area contributed by atoms with Crippen LogP contribution in [0, 0.1) is 11.8 Å². The largest absolute Gasteiger partial charge is 0.477 e. The lowest BCUT2D eigenvalue weighted by Crippen LogP contribution is -2.26. The third-order valence-corrected chi connectivity index (χ3v) is 4.21. The van der Waals surface area contributed by atoms with Crippen molar-refractivity contribution in [3.8, 4) is 0 Å². The first-order valence-electron chi connectivity index (χ1n) is 6.09. The Morgan fingerprint density at radius 2 is 2.18 bits per heavy atom. The van der Waals surface area contributed by atoms with E-state index >= 15 is 0 Å². The summed E-state index contributed by atoms with van der Waals surface area (Å²) in [5.41, 5.74) is 0.392. The molecule has 3 unspecified atom stereocenters. The molecule has 1 aromatic heterocycles. The first kappa shape index (κ1) is 12.7. The Kier molecular flexibility index (Phi) is 3.61. The Bertz CT molecular complexity index is 427. The van der Waals surface area contributed by atoms with Gasteiger partial charge in [0.15, 0.2) is 0 Å². The maximum Gasteiger partial charge on any atom is 0.352 e. The van der Waals surface area contributed by atoms with Crippen molar-refractivity contribution >= 4 is 21.9 Å². The highest BCUT2D eigenvalue weighted by molar-refractivity contribution is 9.10. The van der Waals surface area contributed by atoms with Gasteiger partial charge in [-0.3, -0.25) is 0 Å². The fourth-order valence-corrected chi connectivity index (χ4v) is 3.39. The van der Waals surface area contributed by atoms with Crippen LogP contribution in [-0.4, -0.2) is 15.6 Å². The van der Waals surface area contributed by atoms with E-state index in [1.54, 1.807) is 6.07 Å². The minimum Gasteiger partial charge on any atom is -0.477 e. The molecule has 94 valence electrons. The van der Waals surface area contributed by atoms with Crippen LogP contribution in [0.25, 0.3) is 0 Å². The number of aromatic carboxylic acids is 1. The number of carboxylic acid groups (broad SMARTS) is 1. The van der Waals surface area contributed by atoms with Gasteiger partial charge in [0.1, 0.15) is 5.69 Å². The first-order chi connectivity index (χ1) is 7.99. The average Bonchev–Trinajstić information content (AvgIpc) is 2.60. The van der Waals surface area contributed by atoms with Crippen LogP contribution in [0.5, 0.6) is 0 Å². The summed E-state index contributed by atoms with van der Waals surface area (Å²) < 4.78 is 2.78. The molecule has 0 saturated heterocycles. The summed E-state index contributed by atoms with van der Waals surface area (Å²) in [7, 11) is 0. The molecule has 0 bridgehead atoms. The van der Waals surface area contributed by atoms with Crippen molar-refractivity contribution in [1.29, 1.82) is 0 Å². The lowest BCUT2D eigenvalue weighted by molar-refractivity contribution is 0.0676. The molecule has 1 N–H and O–H groups in total. The van der Waals surface area contributed by atoms with Gasteiger partial charge in [0.25, 0.3) is 0 Å². The van der Waals surface area contributed by atoms with Crippen LogP contribution < -0.4 is 0 Å². The van der Waals surface area contributed by atoms with Crippen LogP contribution in [0.1, 0.15) is 49.6 Å². The first-order valence-corrected chi connectivity index (χ1v) is 6.89. The van der Waals surface area contributed by atoms with Crippen LogP contribution in [0.2, 0.25) is 0 Å². The normalized spacial score (nSPS) is 29.2. The zero-order chi connectivity index (χ0) is 12.6. The zero-order valence-corrected chi connectivity index (χ0v) is 11.8. The van der Waals surface area contributed by atoms with Gasteiger partial charge in [-0.05, 0) is 53.1 Å². The van der Waals surface area contributed by atoms with Crippen molar-refractivity contribution in [2.75, 3.05) is 0 Å². The second-order valence-corrected chi connectivity index (χ2v) is 6.13. The van der Waals surface area contributed by atoms with E-state index in [1.165, 1.54) is 12.8 Å². The SMILES string of the molecule is CC1CCC(n2cc(Br)cc2C(=O)O)C(C)C1. The van der Waals surface area contributed by atoms with Crippen LogP contribution in [-0.2, 0) is 0 Å². The standard InChI is InChI=1S/C13H18BrNO2/c1-8-3-4-11(9(2)5-8)15-7-10(14)6-12(15)13(16)17/h6-9,11H,3-5H2,1-2H3,(H,16,17). The monoisotopic (exact) mass is 299 g/mol. The molecular formula is C13H18BrNO2. The Morgan fingerprint density at radius 3 is 2.76 bits per heavy atom. The maximum atomic E-state index is 11.2. The van der Waals surface area contributed by atoms with Gasteiger partial charge in [0, 0.05) is 16.7 Å². The summed E-state index contributed by atoms with van der Waals surface area (Å²) in [6, 6.07) is 2.01. The van der Waals surface area contributed by atoms with Gasteiger partial charge in [-0.15, -0.1) is 0 Å². The molecule has 17 heavy (non-hydrogen) atoms. The number of aromatic nitrogens is 1. The minimum absolute atomic E-state index is 0.323. The summed E-state index contributed by atoms with van der Waals surface area (Å²) in [6.07, 6.45) is 5.34. The van der Waals surface area contributed by atoms with E-state index in [0.29, 0.717) is 17.7 Å². The molecule has 0 amide bonds. The van der Waals surface area contributed by atoms with Gasteiger partial charge < -0.3 is 9.67 Å². The zero-order valence-electron chi connectivity index (χ0n) is 10.2. The number of hydrogen-bond donors (Lipinski definition) is 1. The molecule has 1 aromatic rings. The maximum absolute atomic E-state index is 11.2. The number of hydrogen-bond acceptors (Lipinski definition) is 1. The van der Waals surface area contributed by atoms with Gasteiger partial charge >= 0.3 is 5.97 Å². The van der Waals surface area contributed by atoms with E-state index in [2.05, 4.69) is 29.8 Å². The van der Waals surface area contributed by atoms with Crippen LogP contribution in [0.4, 0.5) is 0 Å². The Hall–Kier alpha value is -0.770. The highest BCUT2D eigenvalue weighted by atomic mass is 79.9. The van der Waals surface area contributed by atoms with E-state index in [-0.39, 0.29) is 0 Å². The summed E-state index contributed by atoms with van der Waals surface area (Å²) in [6.45, 7) is 4.50. The van der Waals surface area contributed by atoms with Crippen molar-refractivity contribution in [2.45, 2.75) is 39.2 Å². The molecule has 1 saturated carbocycles. The van der Waals surface area contributed by atoms with E-state index in [1.807, 2.05) is 10.8 Å². The van der Waals surface area contributed by atoms with Gasteiger partial charge in [-0.2, -0.15) is 0 Å². The van der Waals surface area contributed by atoms with Crippen LogP contribution in [0.15, 0.2) is 16.7 Å². The average molecular weight is 300 g/mol. The predicted molar refractivity (Wildman–Crippen MR) is 70.3 cm³/mol. The Morgan fingerprint density at radius 1 is 1.47 bits per heavy atom. The molecule has 1 fully saturated rings. The second kappa shape index (κ2) is 4.84. The van der Waals surface area contributed by atoms with Gasteiger partial charge in [0.05, 0.1) is 0 Å². The molecule has 4 heteroatoms. The summed E-state index contributed by atoms with van der Waals surface area (Å²) in [5, 5.41) is 9.21. The number of rotatable bonds is 2.